The highest BCUT2D eigenvalue weighted by Gasteiger charge is 2.45. The molecule has 96 valence electrons. The van der Waals surface area contributed by atoms with Crippen LogP contribution in [-0.4, -0.2) is 20.6 Å². The zero-order valence-electron chi connectivity index (χ0n) is 10.6. The predicted octanol–water partition coefficient (Wildman–Crippen LogP) is 2.30. The maximum atomic E-state index is 12.5. The summed E-state index contributed by atoms with van der Waals surface area (Å²) in [5.41, 5.74) is 2.68. The smallest absolute Gasteiger partial charge is 0.245 e. The van der Waals surface area contributed by atoms with Gasteiger partial charge >= 0.3 is 0 Å². The lowest BCUT2D eigenvalue weighted by atomic mass is 9.92. The Bertz CT molecular complexity index is 589. The molecule has 0 aliphatic carbocycles. The Morgan fingerprint density at radius 3 is 2.42 bits per heavy atom. The Labute approximate surface area is 111 Å². The molecule has 2 unspecified atom stereocenters. The number of amides is 1. The molecule has 1 aromatic heterocycles. The average molecular weight is 253 g/mol. The van der Waals surface area contributed by atoms with Gasteiger partial charge in [0.1, 0.15) is 6.54 Å². The monoisotopic (exact) mass is 253 g/mol. The van der Waals surface area contributed by atoms with Gasteiger partial charge in [0.15, 0.2) is 0 Å². The van der Waals surface area contributed by atoms with E-state index in [4.69, 9.17) is 0 Å². The summed E-state index contributed by atoms with van der Waals surface area (Å²) in [5.74, 6) is 0.174. The third-order valence-corrected chi connectivity index (χ3v) is 4.24. The van der Waals surface area contributed by atoms with Crippen LogP contribution < -0.4 is 0 Å². The molecule has 4 rings (SSSR count). The Kier molecular flexibility index (Phi) is 2.24. The zero-order valence-corrected chi connectivity index (χ0v) is 10.6. The van der Waals surface area contributed by atoms with E-state index in [1.165, 1.54) is 11.1 Å². The third kappa shape index (κ3) is 1.52. The van der Waals surface area contributed by atoms with E-state index in [0.717, 1.165) is 12.8 Å². The van der Waals surface area contributed by atoms with Crippen molar-refractivity contribution in [1.82, 2.24) is 14.7 Å². The Morgan fingerprint density at radius 2 is 1.84 bits per heavy atom. The van der Waals surface area contributed by atoms with Crippen LogP contribution >= 0.6 is 0 Å². The minimum absolute atomic E-state index is 0.174. The summed E-state index contributed by atoms with van der Waals surface area (Å²) in [6.45, 7) is 0.341. The number of aromatic nitrogens is 2. The first-order chi connectivity index (χ1) is 9.34. The van der Waals surface area contributed by atoms with E-state index in [0.29, 0.717) is 6.54 Å². The zero-order chi connectivity index (χ0) is 12.8. The molecule has 4 heteroatoms. The van der Waals surface area contributed by atoms with Gasteiger partial charge in [0, 0.05) is 12.4 Å². The van der Waals surface area contributed by atoms with E-state index in [9.17, 15) is 4.79 Å². The summed E-state index contributed by atoms with van der Waals surface area (Å²) in [4.78, 5) is 14.6. The van der Waals surface area contributed by atoms with Crippen molar-refractivity contribution in [3.63, 3.8) is 0 Å². The van der Waals surface area contributed by atoms with Gasteiger partial charge in [-0.15, -0.1) is 0 Å². The molecule has 1 fully saturated rings. The number of hydrogen-bond acceptors (Lipinski definition) is 2. The fraction of sp³-hybridized carbons (Fsp3) is 0.333. The molecule has 2 atom stereocenters. The fourth-order valence-electron chi connectivity index (χ4n) is 3.50. The van der Waals surface area contributed by atoms with Crippen molar-refractivity contribution in [2.75, 3.05) is 0 Å². The Balaban J connectivity index is 1.63. The molecule has 4 nitrogen and oxygen atoms in total. The number of carbonyl (C=O) groups excluding carboxylic acids is 1. The van der Waals surface area contributed by atoms with Crippen molar-refractivity contribution >= 4 is 5.91 Å². The van der Waals surface area contributed by atoms with Crippen LogP contribution in [-0.2, 0) is 11.3 Å². The molecule has 1 saturated heterocycles. The molecule has 1 amide bonds. The van der Waals surface area contributed by atoms with Gasteiger partial charge in [0.2, 0.25) is 5.91 Å². The van der Waals surface area contributed by atoms with E-state index in [1.807, 2.05) is 12.3 Å². The second-order valence-corrected chi connectivity index (χ2v) is 5.24. The van der Waals surface area contributed by atoms with Crippen LogP contribution in [0.15, 0.2) is 42.7 Å². The Morgan fingerprint density at radius 1 is 1.16 bits per heavy atom. The molecule has 0 spiro atoms. The summed E-state index contributed by atoms with van der Waals surface area (Å²) in [6, 6.07) is 10.9. The van der Waals surface area contributed by atoms with Crippen molar-refractivity contribution in [1.29, 1.82) is 0 Å². The van der Waals surface area contributed by atoms with Crippen LogP contribution in [0.1, 0.15) is 36.1 Å². The number of hydrogen-bond donors (Lipinski definition) is 0. The summed E-state index contributed by atoms with van der Waals surface area (Å²) in [6.07, 6.45) is 5.72. The number of benzene rings is 1. The highest BCUT2D eigenvalue weighted by Crippen LogP contribution is 2.52. The second kappa shape index (κ2) is 3.95. The number of rotatable bonds is 2. The quantitative estimate of drug-likeness (QED) is 0.823. The molecular formula is C15H15N3O. The highest BCUT2D eigenvalue weighted by atomic mass is 16.2. The molecule has 0 N–H and O–H groups in total. The lowest BCUT2D eigenvalue weighted by Gasteiger charge is -2.22. The summed E-state index contributed by atoms with van der Waals surface area (Å²) >= 11 is 0. The van der Waals surface area contributed by atoms with Gasteiger partial charge in [-0.05, 0) is 30.0 Å². The molecule has 2 aromatic rings. The predicted molar refractivity (Wildman–Crippen MR) is 70.2 cm³/mol. The summed E-state index contributed by atoms with van der Waals surface area (Å²) in [7, 11) is 0. The van der Waals surface area contributed by atoms with Crippen molar-refractivity contribution in [2.24, 2.45) is 0 Å². The first kappa shape index (κ1) is 10.8. The maximum Gasteiger partial charge on any atom is 0.245 e. The lowest BCUT2D eigenvalue weighted by Crippen LogP contribution is -2.31. The number of fused-ring (bicyclic) bond motifs is 5. The van der Waals surface area contributed by atoms with Crippen LogP contribution in [0.4, 0.5) is 0 Å². The van der Waals surface area contributed by atoms with Gasteiger partial charge in [-0.3, -0.25) is 9.48 Å². The van der Waals surface area contributed by atoms with Crippen molar-refractivity contribution in [3.05, 3.63) is 53.9 Å². The van der Waals surface area contributed by atoms with E-state index in [2.05, 4.69) is 34.3 Å². The minimum Gasteiger partial charge on any atom is -0.327 e. The SMILES string of the molecule is O=C(Cn1cccn1)N1C2CCC1c1ccccc12. The Hall–Kier alpha value is -2.10. The van der Waals surface area contributed by atoms with Crippen LogP contribution in [0, 0.1) is 0 Å². The highest BCUT2D eigenvalue weighted by molar-refractivity contribution is 5.78. The molecule has 3 heterocycles. The minimum atomic E-state index is 0.174. The molecule has 2 aliphatic heterocycles. The maximum absolute atomic E-state index is 12.5. The van der Waals surface area contributed by atoms with Gasteiger partial charge in [0.05, 0.1) is 12.1 Å². The van der Waals surface area contributed by atoms with Gasteiger partial charge in [0.25, 0.3) is 0 Å². The van der Waals surface area contributed by atoms with Crippen LogP contribution in [0.3, 0.4) is 0 Å². The average Bonchev–Trinajstić information content (AvgIpc) is 3.13. The number of carbonyl (C=O) groups is 1. The fourth-order valence-corrected chi connectivity index (χ4v) is 3.50. The molecular weight excluding hydrogens is 238 g/mol. The van der Waals surface area contributed by atoms with E-state index >= 15 is 0 Å². The van der Waals surface area contributed by atoms with E-state index in [1.54, 1.807) is 10.9 Å². The van der Waals surface area contributed by atoms with Gasteiger partial charge in [-0.25, -0.2) is 0 Å². The van der Waals surface area contributed by atoms with Crippen LogP contribution in [0.2, 0.25) is 0 Å². The van der Waals surface area contributed by atoms with Crippen molar-refractivity contribution in [2.45, 2.75) is 31.5 Å². The first-order valence-electron chi connectivity index (χ1n) is 6.72. The molecule has 0 saturated carbocycles. The first-order valence-corrected chi connectivity index (χ1v) is 6.72. The summed E-state index contributed by atoms with van der Waals surface area (Å²) in [5, 5.41) is 4.12. The van der Waals surface area contributed by atoms with E-state index < -0.39 is 0 Å². The molecule has 0 radical (unpaired) electrons. The van der Waals surface area contributed by atoms with Crippen molar-refractivity contribution in [3.8, 4) is 0 Å². The van der Waals surface area contributed by atoms with Crippen molar-refractivity contribution < 1.29 is 4.79 Å². The van der Waals surface area contributed by atoms with Gasteiger partial charge in [-0.2, -0.15) is 5.10 Å². The van der Waals surface area contributed by atoms with Crippen LogP contribution in [0.5, 0.6) is 0 Å². The molecule has 19 heavy (non-hydrogen) atoms. The molecule has 2 aliphatic rings. The van der Waals surface area contributed by atoms with Gasteiger partial charge in [-0.1, -0.05) is 24.3 Å². The second-order valence-electron chi connectivity index (χ2n) is 5.24. The molecule has 2 bridgehead atoms. The normalized spacial score (nSPS) is 23.7. The molecule has 1 aromatic carbocycles. The topological polar surface area (TPSA) is 38.1 Å². The third-order valence-electron chi connectivity index (χ3n) is 4.24. The summed E-state index contributed by atoms with van der Waals surface area (Å²) < 4.78 is 1.70. The van der Waals surface area contributed by atoms with E-state index in [-0.39, 0.29) is 18.0 Å². The van der Waals surface area contributed by atoms with Crippen LogP contribution in [0.25, 0.3) is 0 Å². The van der Waals surface area contributed by atoms with Gasteiger partial charge < -0.3 is 4.90 Å². The lowest BCUT2D eigenvalue weighted by molar-refractivity contribution is -0.134. The standard InChI is InChI=1S/C15H15N3O/c19-15(10-17-9-3-8-16-17)18-13-6-7-14(18)12-5-2-1-4-11(12)13/h1-5,8-9,13-14H,6-7,10H2. The largest absolute Gasteiger partial charge is 0.327 e. The number of nitrogens with zero attached hydrogens (tertiary/aromatic N) is 3.